The van der Waals surface area contributed by atoms with Crippen LogP contribution in [0.1, 0.15) is 43.6 Å². The zero-order valence-corrected chi connectivity index (χ0v) is 15.4. The zero-order valence-electron chi connectivity index (χ0n) is 14.6. The Labute approximate surface area is 151 Å². The summed E-state index contributed by atoms with van der Waals surface area (Å²) in [4.78, 5) is 11.4. The van der Waals surface area contributed by atoms with Crippen LogP contribution in [0.5, 0.6) is 0 Å². The molecule has 0 atom stereocenters. The average Bonchev–Trinajstić information content (AvgIpc) is 3.01. The maximum absolute atomic E-state index is 11.4. The van der Waals surface area contributed by atoms with Gasteiger partial charge in [0.1, 0.15) is 0 Å². The summed E-state index contributed by atoms with van der Waals surface area (Å²) in [6.45, 7) is 8.25. The maximum Gasteiger partial charge on any atom is 0.498 e. The largest absolute Gasteiger partial charge is 0.498 e. The molecule has 1 aromatic carbocycles. The minimum absolute atomic E-state index is 0.206. The monoisotopic (exact) mass is 362 g/mol. The van der Waals surface area contributed by atoms with Crippen LogP contribution in [0.3, 0.4) is 0 Å². The SMILES string of the molecule is CC1(C)OB(c2cnn(Cc3cc(Cl)ccc3C(=O)O)c2)OC1(C)C. The third-order valence-corrected chi connectivity index (χ3v) is 5.04. The predicted molar refractivity (Wildman–Crippen MR) is 95.5 cm³/mol. The van der Waals surface area contributed by atoms with Crippen LogP contribution < -0.4 is 5.46 Å². The van der Waals surface area contributed by atoms with Crippen molar-refractivity contribution in [1.29, 1.82) is 0 Å². The highest BCUT2D eigenvalue weighted by Gasteiger charge is 2.52. The second kappa shape index (κ2) is 6.16. The number of nitrogens with zero attached hydrogens (tertiary/aromatic N) is 2. The highest BCUT2D eigenvalue weighted by Crippen LogP contribution is 2.36. The second-order valence-electron chi connectivity index (χ2n) is 7.17. The van der Waals surface area contributed by atoms with E-state index >= 15 is 0 Å². The lowest BCUT2D eigenvalue weighted by Crippen LogP contribution is -2.41. The number of hydrogen-bond donors (Lipinski definition) is 1. The van der Waals surface area contributed by atoms with E-state index in [0.29, 0.717) is 17.1 Å². The standard InChI is InChI=1S/C17H20BClN2O4/c1-16(2)17(3,4)25-18(24-16)12-8-20-21(10-12)9-11-7-13(19)5-6-14(11)15(22)23/h5-8,10H,9H2,1-4H3,(H,22,23). The van der Waals surface area contributed by atoms with Gasteiger partial charge in [0.05, 0.1) is 23.3 Å². The molecule has 8 heteroatoms. The molecule has 1 saturated heterocycles. The summed E-state index contributed by atoms with van der Waals surface area (Å²) >= 11 is 6.00. The van der Waals surface area contributed by atoms with E-state index in [2.05, 4.69) is 5.10 Å². The van der Waals surface area contributed by atoms with Crippen LogP contribution in [0.2, 0.25) is 5.02 Å². The van der Waals surface area contributed by atoms with Crippen molar-refractivity contribution >= 4 is 30.2 Å². The summed E-state index contributed by atoms with van der Waals surface area (Å²) in [5.41, 5.74) is 0.727. The van der Waals surface area contributed by atoms with Crippen molar-refractivity contribution in [1.82, 2.24) is 9.78 Å². The summed E-state index contributed by atoms with van der Waals surface area (Å²) in [6.07, 6.45) is 3.47. The van der Waals surface area contributed by atoms with Gasteiger partial charge < -0.3 is 14.4 Å². The molecule has 0 aliphatic carbocycles. The molecule has 0 spiro atoms. The van der Waals surface area contributed by atoms with E-state index in [0.717, 1.165) is 5.46 Å². The summed E-state index contributed by atoms with van der Waals surface area (Å²) < 4.78 is 13.7. The van der Waals surface area contributed by atoms with Gasteiger partial charge in [-0.15, -0.1) is 0 Å². The van der Waals surface area contributed by atoms with Crippen molar-refractivity contribution in [2.45, 2.75) is 45.4 Å². The van der Waals surface area contributed by atoms with Gasteiger partial charge >= 0.3 is 13.1 Å². The Morgan fingerprint density at radius 1 is 1.28 bits per heavy atom. The molecule has 1 aliphatic heterocycles. The van der Waals surface area contributed by atoms with Gasteiger partial charge in [-0.25, -0.2) is 4.79 Å². The quantitative estimate of drug-likeness (QED) is 0.846. The van der Waals surface area contributed by atoms with Crippen molar-refractivity contribution in [2.24, 2.45) is 0 Å². The molecule has 1 aliphatic rings. The van der Waals surface area contributed by atoms with Gasteiger partial charge in [0.25, 0.3) is 0 Å². The number of rotatable bonds is 4. The number of halogens is 1. The lowest BCUT2D eigenvalue weighted by atomic mass is 9.82. The molecule has 3 rings (SSSR count). The normalized spacial score (nSPS) is 18.5. The topological polar surface area (TPSA) is 73.6 Å². The van der Waals surface area contributed by atoms with E-state index in [1.807, 2.05) is 27.7 Å². The van der Waals surface area contributed by atoms with Gasteiger partial charge in [0.2, 0.25) is 0 Å². The van der Waals surface area contributed by atoms with Crippen molar-refractivity contribution in [3.63, 3.8) is 0 Å². The van der Waals surface area contributed by atoms with Gasteiger partial charge in [0.15, 0.2) is 0 Å². The van der Waals surface area contributed by atoms with Crippen LogP contribution in [0.4, 0.5) is 0 Å². The zero-order chi connectivity index (χ0) is 18.4. The summed E-state index contributed by atoms with van der Waals surface area (Å²) in [5.74, 6) is -0.995. The predicted octanol–water partition coefficient (Wildman–Crippen LogP) is 2.58. The fourth-order valence-corrected chi connectivity index (χ4v) is 2.84. The van der Waals surface area contributed by atoms with Crippen LogP contribution in [-0.2, 0) is 15.9 Å². The molecule has 0 bridgehead atoms. The Kier molecular flexibility index (Phi) is 4.43. The number of carbonyl (C=O) groups is 1. The van der Waals surface area contributed by atoms with Crippen molar-refractivity contribution in [3.05, 3.63) is 46.7 Å². The number of carboxylic acids is 1. The molecule has 0 amide bonds. The summed E-state index contributed by atoms with van der Waals surface area (Å²) in [5, 5.41) is 14.1. The molecule has 132 valence electrons. The van der Waals surface area contributed by atoms with Crippen LogP contribution >= 0.6 is 11.6 Å². The third-order valence-electron chi connectivity index (χ3n) is 4.81. The molecule has 1 N–H and O–H groups in total. The Bertz CT molecular complexity index is 803. The minimum Gasteiger partial charge on any atom is -0.478 e. The lowest BCUT2D eigenvalue weighted by Gasteiger charge is -2.32. The molecule has 2 aromatic rings. The lowest BCUT2D eigenvalue weighted by molar-refractivity contribution is 0.00578. The molecule has 6 nitrogen and oxygen atoms in total. The number of carboxylic acid groups (broad SMARTS) is 1. The Morgan fingerprint density at radius 3 is 2.52 bits per heavy atom. The second-order valence-corrected chi connectivity index (χ2v) is 7.60. The molecule has 1 aromatic heterocycles. The van der Waals surface area contributed by atoms with Gasteiger partial charge in [-0.3, -0.25) is 4.68 Å². The number of aromatic nitrogens is 2. The first-order chi connectivity index (χ1) is 11.6. The van der Waals surface area contributed by atoms with E-state index in [9.17, 15) is 9.90 Å². The fraction of sp³-hybridized carbons (Fsp3) is 0.412. The highest BCUT2D eigenvalue weighted by atomic mass is 35.5. The smallest absolute Gasteiger partial charge is 0.478 e. The first-order valence-electron chi connectivity index (χ1n) is 7.99. The van der Waals surface area contributed by atoms with Crippen molar-refractivity contribution in [3.8, 4) is 0 Å². The van der Waals surface area contributed by atoms with Crippen LogP contribution in [0.15, 0.2) is 30.6 Å². The first kappa shape index (κ1) is 18.0. The summed E-state index contributed by atoms with van der Waals surface area (Å²) in [7, 11) is -0.503. The molecule has 0 radical (unpaired) electrons. The van der Waals surface area contributed by atoms with E-state index in [4.69, 9.17) is 20.9 Å². The number of aromatic carboxylic acids is 1. The van der Waals surface area contributed by atoms with Crippen molar-refractivity contribution < 1.29 is 19.2 Å². The van der Waals surface area contributed by atoms with Crippen molar-refractivity contribution in [2.75, 3.05) is 0 Å². The molecule has 0 unspecified atom stereocenters. The van der Waals surface area contributed by atoms with Gasteiger partial charge in [-0.1, -0.05) is 11.6 Å². The Morgan fingerprint density at radius 2 is 1.92 bits per heavy atom. The fourth-order valence-electron chi connectivity index (χ4n) is 2.64. The van der Waals surface area contributed by atoms with Gasteiger partial charge in [0, 0.05) is 22.9 Å². The third kappa shape index (κ3) is 3.45. The Balaban J connectivity index is 1.82. The summed E-state index contributed by atoms with van der Waals surface area (Å²) in [6, 6.07) is 4.70. The number of hydrogen-bond acceptors (Lipinski definition) is 4. The first-order valence-corrected chi connectivity index (χ1v) is 8.36. The van der Waals surface area contributed by atoms with Gasteiger partial charge in [-0.2, -0.15) is 5.10 Å². The number of benzene rings is 1. The van der Waals surface area contributed by atoms with Crippen LogP contribution in [0, 0.1) is 0 Å². The van der Waals surface area contributed by atoms with E-state index in [1.165, 1.54) is 6.07 Å². The molecular formula is C17H20BClN2O4. The van der Waals surface area contributed by atoms with E-state index in [1.54, 1.807) is 29.2 Å². The van der Waals surface area contributed by atoms with Crippen LogP contribution in [-0.4, -0.2) is 39.2 Å². The van der Waals surface area contributed by atoms with E-state index < -0.39 is 24.3 Å². The Hall–Kier alpha value is -1.83. The molecule has 2 heterocycles. The van der Waals surface area contributed by atoms with Gasteiger partial charge in [-0.05, 0) is 51.5 Å². The average molecular weight is 363 g/mol. The van der Waals surface area contributed by atoms with Crippen LogP contribution in [0.25, 0.3) is 0 Å². The maximum atomic E-state index is 11.4. The highest BCUT2D eigenvalue weighted by molar-refractivity contribution is 6.62. The molecule has 0 saturated carbocycles. The van der Waals surface area contributed by atoms with E-state index in [-0.39, 0.29) is 5.56 Å². The molecule has 25 heavy (non-hydrogen) atoms. The molecule has 1 fully saturated rings. The molecular weight excluding hydrogens is 342 g/mol. The minimum atomic E-state index is -0.995.